The molecule has 1 amide bonds. The number of aryl methyl sites for hydroxylation is 2. The largest absolute Gasteiger partial charge is 0.394 e. The third-order valence-electron chi connectivity index (χ3n) is 3.88. The second-order valence-electron chi connectivity index (χ2n) is 5.30. The van der Waals surface area contributed by atoms with Crippen molar-refractivity contribution in [2.75, 3.05) is 6.61 Å². The molecule has 0 spiro atoms. The number of rotatable bonds is 3. The summed E-state index contributed by atoms with van der Waals surface area (Å²) in [7, 11) is 0. The van der Waals surface area contributed by atoms with Crippen molar-refractivity contribution in [3.8, 4) is 0 Å². The molecular weight excluding hydrogens is 246 g/mol. The highest BCUT2D eigenvalue weighted by Gasteiger charge is 2.33. The van der Waals surface area contributed by atoms with E-state index in [4.69, 9.17) is 0 Å². The van der Waals surface area contributed by atoms with E-state index in [2.05, 4.69) is 5.32 Å². The van der Waals surface area contributed by atoms with E-state index < -0.39 is 0 Å². The molecule has 2 rings (SSSR count). The van der Waals surface area contributed by atoms with E-state index in [1.54, 1.807) is 0 Å². The van der Waals surface area contributed by atoms with E-state index >= 15 is 0 Å². The van der Waals surface area contributed by atoms with Gasteiger partial charge in [-0.15, -0.1) is 11.3 Å². The minimum atomic E-state index is -0.388. The van der Waals surface area contributed by atoms with Crippen LogP contribution in [0.25, 0.3) is 0 Å². The van der Waals surface area contributed by atoms with Crippen molar-refractivity contribution in [2.45, 2.75) is 51.5 Å². The highest BCUT2D eigenvalue weighted by molar-refractivity contribution is 7.14. The molecule has 4 heteroatoms. The molecule has 2 N–H and O–H groups in total. The monoisotopic (exact) mass is 267 g/mol. The van der Waals surface area contributed by atoms with Gasteiger partial charge in [0.25, 0.3) is 5.91 Å². The topological polar surface area (TPSA) is 49.3 Å². The van der Waals surface area contributed by atoms with Gasteiger partial charge in [0.15, 0.2) is 0 Å². The highest BCUT2D eigenvalue weighted by Crippen LogP contribution is 2.29. The van der Waals surface area contributed by atoms with E-state index in [-0.39, 0.29) is 18.1 Å². The van der Waals surface area contributed by atoms with Gasteiger partial charge < -0.3 is 10.4 Å². The molecule has 1 aromatic rings. The van der Waals surface area contributed by atoms with Crippen molar-refractivity contribution in [2.24, 2.45) is 0 Å². The summed E-state index contributed by atoms with van der Waals surface area (Å²) < 4.78 is 0. The number of aliphatic hydroxyl groups excluding tert-OH is 1. The smallest absolute Gasteiger partial charge is 0.261 e. The molecule has 0 atom stereocenters. The van der Waals surface area contributed by atoms with Crippen LogP contribution in [0.1, 0.15) is 52.2 Å². The fourth-order valence-electron chi connectivity index (χ4n) is 2.54. The van der Waals surface area contributed by atoms with Crippen molar-refractivity contribution in [3.05, 3.63) is 21.4 Å². The Bertz CT molecular complexity index is 414. The number of nitrogens with one attached hydrogen (secondary N) is 1. The summed E-state index contributed by atoms with van der Waals surface area (Å²) in [6, 6.07) is 1.93. The molecule has 100 valence electrons. The summed E-state index contributed by atoms with van der Waals surface area (Å²) in [5.41, 5.74) is 0.771. The fourth-order valence-corrected chi connectivity index (χ4v) is 3.47. The van der Waals surface area contributed by atoms with Crippen LogP contribution in [0.3, 0.4) is 0 Å². The molecular formula is C14H21NO2S. The van der Waals surface area contributed by atoms with E-state index in [9.17, 15) is 9.90 Å². The van der Waals surface area contributed by atoms with Gasteiger partial charge in [-0.2, -0.15) is 0 Å². The van der Waals surface area contributed by atoms with Gasteiger partial charge in [-0.25, -0.2) is 0 Å². The fraction of sp³-hybridized carbons (Fsp3) is 0.643. The summed E-state index contributed by atoms with van der Waals surface area (Å²) >= 11 is 1.53. The number of carbonyl (C=O) groups is 1. The zero-order valence-corrected chi connectivity index (χ0v) is 11.9. The molecule has 1 aromatic heterocycles. The first-order chi connectivity index (χ1) is 8.56. The van der Waals surface area contributed by atoms with Crippen LogP contribution in [0.15, 0.2) is 6.07 Å². The standard InChI is InChI=1S/C14H21NO2S/c1-10-8-12(18-11(10)2)13(17)15-14(9-16)6-4-3-5-7-14/h8,16H,3-7,9H2,1-2H3,(H,15,17). The highest BCUT2D eigenvalue weighted by atomic mass is 32.1. The van der Waals surface area contributed by atoms with Gasteiger partial charge in [0.1, 0.15) is 0 Å². The molecule has 1 fully saturated rings. The van der Waals surface area contributed by atoms with E-state index in [0.29, 0.717) is 0 Å². The number of thiophene rings is 1. The average molecular weight is 267 g/mol. The van der Waals surface area contributed by atoms with Crippen molar-refractivity contribution < 1.29 is 9.90 Å². The molecule has 0 radical (unpaired) electrons. The lowest BCUT2D eigenvalue weighted by molar-refractivity contribution is 0.0762. The van der Waals surface area contributed by atoms with E-state index in [0.717, 1.165) is 36.1 Å². The lowest BCUT2D eigenvalue weighted by Crippen LogP contribution is -2.52. The lowest BCUT2D eigenvalue weighted by atomic mass is 9.82. The normalized spacial score (nSPS) is 18.6. The lowest BCUT2D eigenvalue weighted by Gasteiger charge is -2.36. The molecule has 0 aromatic carbocycles. The molecule has 1 heterocycles. The number of aliphatic hydroxyl groups is 1. The van der Waals surface area contributed by atoms with Gasteiger partial charge in [-0.3, -0.25) is 4.79 Å². The predicted octanol–water partition coefficient (Wildman–Crippen LogP) is 2.79. The summed E-state index contributed by atoms with van der Waals surface area (Å²) in [5.74, 6) is -0.0350. The molecule has 0 aliphatic heterocycles. The van der Waals surface area contributed by atoms with Gasteiger partial charge in [0.05, 0.1) is 17.0 Å². The molecule has 1 aliphatic carbocycles. The first kappa shape index (κ1) is 13.6. The quantitative estimate of drug-likeness (QED) is 0.884. The van der Waals surface area contributed by atoms with Crippen molar-refractivity contribution in [1.82, 2.24) is 5.32 Å². The number of hydrogen-bond acceptors (Lipinski definition) is 3. The zero-order chi connectivity index (χ0) is 13.2. The van der Waals surface area contributed by atoms with E-state index in [1.807, 2.05) is 19.9 Å². The minimum Gasteiger partial charge on any atom is -0.394 e. The van der Waals surface area contributed by atoms with Crippen LogP contribution >= 0.6 is 11.3 Å². The number of carbonyl (C=O) groups excluding carboxylic acids is 1. The summed E-state index contributed by atoms with van der Waals surface area (Å²) in [4.78, 5) is 14.2. The Morgan fingerprint density at radius 1 is 1.39 bits per heavy atom. The number of hydrogen-bond donors (Lipinski definition) is 2. The molecule has 0 saturated heterocycles. The third kappa shape index (κ3) is 2.75. The molecule has 18 heavy (non-hydrogen) atoms. The predicted molar refractivity (Wildman–Crippen MR) is 74.2 cm³/mol. The molecule has 1 saturated carbocycles. The van der Waals surface area contributed by atoms with Gasteiger partial charge >= 0.3 is 0 Å². The summed E-state index contributed by atoms with van der Waals surface area (Å²) in [6.07, 6.45) is 5.15. The maximum absolute atomic E-state index is 12.2. The maximum atomic E-state index is 12.2. The molecule has 3 nitrogen and oxygen atoms in total. The Kier molecular flexibility index (Phi) is 4.07. The van der Waals surface area contributed by atoms with Crippen molar-refractivity contribution in [1.29, 1.82) is 0 Å². The van der Waals surface area contributed by atoms with Gasteiger partial charge in [0, 0.05) is 4.88 Å². The Hall–Kier alpha value is -0.870. The van der Waals surface area contributed by atoms with Crippen molar-refractivity contribution >= 4 is 17.2 Å². The van der Waals surface area contributed by atoms with Crippen LogP contribution in [0.4, 0.5) is 0 Å². The molecule has 0 bridgehead atoms. The first-order valence-corrected chi connectivity index (χ1v) is 7.38. The van der Waals surface area contributed by atoms with Crippen LogP contribution in [-0.4, -0.2) is 23.2 Å². The summed E-state index contributed by atoms with van der Waals surface area (Å²) in [5, 5.41) is 12.6. The van der Waals surface area contributed by atoms with Gasteiger partial charge in [-0.05, 0) is 38.3 Å². The van der Waals surface area contributed by atoms with Crippen LogP contribution in [0.5, 0.6) is 0 Å². The zero-order valence-electron chi connectivity index (χ0n) is 11.1. The third-order valence-corrected chi connectivity index (χ3v) is 5.03. The SMILES string of the molecule is Cc1cc(C(=O)NC2(CO)CCCCC2)sc1C. The average Bonchev–Trinajstić information content (AvgIpc) is 2.71. The number of amides is 1. The van der Waals surface area contributed by atoms with Crippen LogP contribution in [0.2, 0.25) is 0 Å². The van der Waals surface area contributed by atoms with Gasteiger partial charge in [-0.1, -0.05) is 19.3 Å². The van der Waals surface area contributed by atoms with Crippen LogP contribution in [0, 0.1) is 13.8 Å². The Labute approximate surface area is 112 Å². The van der Waals surface area contributed by atoms with Crippen LogP contribution in [-0.2, 0) is 0 Å². The minimum absolute atomic E-state index is 0.0350. The van der Waals surface area contributed by atoms with Crippen LogP contribution < -0.4 is 5.32 Å². The van der Waals surface area contributed by atoms with Gasteiger partial charge in [0.2, 0.25) is 0 Å². The second-order valence-corrected chi connectivity index (χ2v) is 6.56. The Morgan fingerprint density at radius 3 is 2.56 bits per heavy atom. The Morgan fingerprint density at radius 2 is 2.06 bits per heavy atom. The Balaban J connectivity index is 2.09. The van der Waals surface area contributed by atoms with Crippen molar-refractivity contribution in [3.63, 3.8) is 0 Å². The molecule has 0 unspecified atom stereocenters. The first-order valence-electron chi connectivity index (χ1n) is 6.57. The molecule has 1 aliphatic rings. The van der Waals surface area contributed by atoms with E-state index in [1.165, 1.54) is 22.6 Å². The second kappa shape index (κ2) is 5.41. The maximum Gasteiger partial charge on any atom is 0.261 e. The summed E-state index contributed by atoms with van der Waals surface area (Å²) in [6.45, 7) is 4.09.